The molecule has 3 rings (SSSR count). The van der Waals surface area contributed by atoms with E-state index in [1.54, 1.807) is 36.4 Å². The molecule has 0 aliphatic rings. The van der Waals surface area contributed by atoms with Gasteiger partial charge in [0.15, 0.2) is 0 Å². The Balaban J connectivity index is 1.88. The van der Waals surface area contributed by atoms with Crippen molar-refractivity contribution in [2.75, 3.05) is 7.11 Å². The lowest BCUT2D eigenvalue weighted by Crippen LogP contribution is -2.00. The molecule has 3 aromatic rings. The largest absolute Gasteiger partial charge is 0.465 e. The van der Waals surface area contributed by atoms with E-state index in [-0.39, 0.29) is 5.69 Å². The second-order valence-corrected chi connectivity index (χ2v) is 5.97. The van der Waals surface area contributed by atoms with Gasteiger partial charge in [-0.25, -0.2) is 9.78 Å². The molecule has 0 saturated carbocycles. The maximum absolute atomic E-state index is 11.5. The monoisotopic (exact) mass is 340 g/mol. The fourth-order valence-corrected chi connectivity index (χ4v) is 3.02. The van der Waals surface area contributed by atoms with Crippen LogP contribution in [0.25, 0.3) is 22.4 Å². The summed E-state index contributed by atoms with van der Waals surface area (Å²) in [6.07, 6.45) is 3.56. The molecule has 0 spiro atoms. The van der Waals surface area contributed by atoms with Crippen LogP contribution in [0.2, 0.25) is 0 Å². The van der Waals surface area contributed by atoms with Gasteiger partial charge in [-0.15, -0.1) is 11.3 Å². The third-order valence-electron chi connectivity index (χ3n) is 3.32. The van der Waals surface area contributed by atoms with Crippen molar-refractivity contribution in [2.24, 2.45) is 0 Å². The number of carbonyl (C=O) groups excluding carboxylic acids is 1. The van der Waals surface area contributed by atoms with E-state index in [2.05, 4.69) is 4.98 Å². The number of aromatic nitrogens is 1. The third kappa shape index (κ3) is 3.31. The Morgan fingerprint density at radius 3 is 2.83 bits per heavy atom. The van der Waals surface area contributed by atoms with Gasteiger partial charge in [-0.05, 0) is 29.8 Å². The average Bonchev–Trinajstić information content (AvgIpc) is 3.01. The molecule has 0 saturated heterocycles. The topological polar surface area (TPSA) is 82.3 Å². The number of hydrogen-bond acceptors (Lipinski definition) is 6. The lowest BCUT2D eigenvalue weighted by molar-refractivity contribution is -0.384. The van der Waals surface area contributed by atoms with Gasteiger partial charge in [0.2, 0.25) is 0 Å². The number of nitro groups is 1. The molecule has 0 aliphatic heterocycles. The molecule has 0 atom stereocenters. The number of ether oxygens (including phenoxy) is 1. The van der Waals surface area contributed by atoms with Crippen molar-refractivity contribution in [2.45, 2.75) is 0 Å². The van der Waals surface area contributed by atoms with Crippen molar-refractivity contribution in [3.63, 3.8) is 0 Å². The standard InChI is InChI=1S/C17H12N2O4S/c1-23-17(20)12-6-7-15-14(10-12)18-16(24-15)8-5-11-3-2-4-13(9-11)19(21)22/h2-10H,1H3/b8-5+. The second kappa shape index (κ2) is 6.59. The third-order valence-corrected chi connectivity index (χ3v) is 4.33. The molecular weight excluding hydrogens is 328 g/mol. The second-order valence-electron chi connectivity index (χ2n) is 4.91. The maximum Gasteiger partial charge on any atom is 0.337 e. The van der Waals surface area contributed by atoms with Crippen LogP contribution >= 0.6 is 11.3 Å². The molecule has 1 heterocycles. The van der Waals surface area contributed by atoms with Gasteiger partial charge in [0.05, 0.1) is 27.8 Å². The molecule has 24 heavy (non-hydrogen) atoms. The van der Waals surface area contributed by atoms with E-state index in [0.29, 0.717) is 11.1 Å². The number of hydrogen-bond donors (Lipinski definition) is 0. The van der Waals surface area contributed by atoms with Crippen molar-refractivity contribution in [1.82, 2.24) is 4.98 Å². The van der Waals surface area contributed by atoms with Gasteiger partial charge in [0, 0.05) is 12.1 Å². The van der Waals surface area contributed by atoms with Gasteiger partial charge in [-0.3, -0.25) is 10.1 Å². The average molecular weight is 340 g/mol. The highest BCUT2D eigenvalue weighted by atomic mass is 32.1. The molecule has 0 aliphatic carbocycles. The zero-order valence-corrected chi connectivity index (χ0v) is 13.4. The fraction of sp³-hybridized carbons (Fsp3) is 0.0588. The number of nitrogens with zero attached hydrogens (tertiary/aromatic N) is 2. The quantitative estimate of drug-likeness (QED) is 0.404. The number of nitro benzene ring substituents is 1. The Labute approximate surface area is 141 Å². The van der Waals surface area contributed by atoms with Gasteiger partial charge < -0.3 is 4.74 Å². The van der Waals surface area contributed by atoms with Crippen molar-refractivity contribution < 1.29 is 14.5 Å². The summed E-state index contributed by atoms with van der Waals surface area (Å²) in [5.74, 6) is -0.404. The minimum atomic E-state index is -0.427. The molecule has 0 fully saturated rings. The van der Waals surface area contributed by atoms with Crippen molar-refractivity contribution in [1.29, 1.82) is 0 Å². The Morgan fingerprint density at radius 1 is 1.25 bits per heavy atom. The molecule has 6 nitrogen and oxygen atoms in total. The van der Waals surface area contributed by atoms with E-state index < -0.39 is 10.9 Å². The molecule has 0 radical (unpaired) electrons. The summed E-state index contributed by atoms with van der Waals surface area (Å²) in [5, 5.41) is 11.5. The van der Waals surface area contributed by atoms with Crippen molar-refractivity contribution in [3.8, 4) is 0 Å². The SMILES string of the molecule is COC(=O)c1ccc2sc(/C=C/c3cccc([N+](=O)[O-])c3)nc2c1. The highest BCUT2D eigenvalue weighted by Gasteiger charge is 2.09. The number of fused-ring (bicyclic) bond motifs is 1. The smallest absolute Gasteiger partial charge is 0.337 e. The molecule has 1 aromatic heterocycles. The summed E-state index contributed by atoms with van der Waals surface area (Å²) in [6, 6.07) is 11.6. The zero-order chi connectivity index (χ0) is 17.1. The van der Waals surface area contributed by atoms with Crippen LogP contribution in [0.15, 0.2) is 42.5 Å². The maximum atomic E-state index is 11.5. The normalized spacial score (nSPS) is 11.0. The van der Waals surface area contributed by atoms with E-state index in [0.717, 1.165) is 15.3 Å². The molecular formula is C17H12N2O4S. The van der Waals surface area contributed by atoms with Gasteiger partial charge in [-0.2, -0.15) is 0 Å². The summed E-state index contributed by atoms with van der Waals surface area (Å²) in [6.45, 7) is 0. The Bertz CT molecular complexity index is 962. The molecule has 0 N–H and O–H groups in total. The minimum absolute atomic E-state index is 0.0455. The molecule has 7 heteroatoms. The first-order valence-electron chi connectivity index (χ1n) is 6.98. The van der Waals surface area contributed by atoms with Crippen LogP contribution in [-0.4, -0.2) is 23.0 Å². The van der Waals surface area contributed by atoms with E-state index in [1.165, 1.54) is 30.6 Å². The molecule has 0 bridgehead atoms. The first-order chi connectivity index (χ1) is 11.6. The van der Waals surface area contributed by atoms with Crippen LogP contribution in [0.4, 0.5) is 5.69 Å². The summed E-state index contributed by atoms with van der Waals surface area (Å²) in [7, 11) is 1.33. The first-order valence-corrected chi connectivity index (χ1v) is 7.80. The molecule has 0 amide bonds. The number of carbonyl (C=O) groups is 1. The summed E-state index contributed by atoms with van der Waals surface area (Å²) in [4.78, 5) is 26.4. The van der Waals surface area contributed by atoms with Gasteiger partial charge in [0.1, 0.15) is 5.01 Å². The summed E-state index contributed by atoms with van der Waals surface area (Å²) >= 11 is 1.47. The fourth-order valence-electron chi connectivity index (χ4n) is 2.17. The molecule has 2 aromatic carbocycles. The molecule has 120 valence electrons. The zero-order valence-electron chi connectivity index (χ0n) is 12.6. The molecule has 0 unspecified atom stereocenters. The number of non-ortho nitro benzene ring substituents is 1. The van der Waals surface area contributed by atoms with Crippen LogP contribution in [0, 0.1) is 10.1 Å². The van der Waals surface area contributed by atoms with Gasteiger partial charge in [-0.1, -0.05) is 18.2 Å². The highest BCUT2D eigenvalue weighted by Crippen LogP contribution is 2.25. The summed E-state index contributed by atoms with van der Waals surface area (Å²) in [5.41, 5.74) is 1.92. The number of esters is 1. The van der Waals surface area contributed by atoms with Crippen LogP contribution in [0.3, 0.4) is 0 Å². The van der Waals surface area contributed by atoms with E-state index in [4.69, 9.17) is 4.74 Å². The van der Waals surface area contributed by atoms with Crippen LogP contribution in [-0.2, 0) is 4.74 Å². The first kappa shape index (κ1) is 15.8. The highest BCUT2D eigenvalue weighted by molar-refractivity contribution is 7.19. The van der Waals surface area contributed by atoms with E-state index in [1.807, 2.05) is 6.07 Å². The Hall–Kier alpha value is -3.06. The van der Waals surface area contributed by atoms with E-state index >= 15 is 0 Å². The number of thiazole rings is 1. The van der Waals surface area contributed by atoms with Crippen LogP contribution in [0.5, 0.6) is 0 Å². The summed E-state index contributed by atoms with van der Waals surface area (Å²) < 4.78 is 5.64. The van der Waals surface area contributed by atoms with Gasteiger partial charge >= 0.3 is 5.97 Å². The van der Waals surface area contributed by atoms with Gasteiger partial charge in [0.25, 0.3) is 5.69 Å². The number of rotatable bonds is 4. The number of benzene rings is 2. The van der Waals surface area contributed by atoms with Crippen molar-refractivity contribution >= 4 is 45.4 Å². The lowest BCUT2D eigenvalue weighted by Gasteiger charge is -1.97. The van der Waals surface area contributed by atoms with E-state index in [9.17, 15) is 14.9 Å². The Morgan fingerprint density at radius 2 is 2.08 bits per heavy atom. The predicted molar refractivity (Wildman–Crippen MR) is 93.0 cm³/mol. The minimum Gasteiger partial charge on any atom is -0.465 e. The predicted octanol–water partition coefficient (Wildman–Crippen LogP) is 4.16. The number of methoxy groups -OCH3 is 1. The lowest BCUT2D eigenvalue weighted by atomic mass is 10.2. The Kier molecular flexibility index (Phi) is 4.35. The van der Waals surface area contributed by atoms with Crippen LogP contribution in [0.1, 0.15) is 20.9 Å². The van der Waals surface area contributed by atoms with Crippen LogP contribution < -0.4 is 0 Å². The van der Waals surface area contributed by atoms with Crippen molar-refractivity contribution in [3.05, 3.63) is 68.7 Å².